The first-order valence-corrected chi connectivity index (χ1v) is 10.4. The van der Waals surface area contributed by atoms with Gasteiger partial charge in [-0.2, -0.15) is 0 Å². The summed E-state index contributed by atoms with van der Waals surface area (Å²) in [7, 11) is 0. The smallest absolute Gasteiger partial charge is 0.00957 e. The van der Waals surface area contributed by atoms with Crippen LogP contribution >= 0.6 is 0 Å². The first-order valence-electron chi connectivity index (χ1n) is 10.4. The van der Waals surface area contributed by atoms with Gasteiger partial charge < -0.3 is 5.41 Å². The number of aryl methyl sites for hydroxylation is 2. The minimum absolute atomic E-state index is 0.283. The molecule has 0 spiro atoms. The topological polar surface area (TPSA) is 23.9 Å². The highest BCUT2D eigenvalue weighted by molar-refractivity contribution is 5.81. The van der Waals surface area contributed by atoms with Gasteiger partial charge in [0, 0.05) is 5.71 Å². The molecule has 0 aromatic heterocycles. The predicted molar refractivity (Wildman–Crippen MR) is 119 cm³/mol. The molecule has 0 saturated carbocycles. The van der Waals surface area contributed by atoms with E-state index in [-0.39, 0.29) is 5.41 Å². The molecule has 1 unspecified atom stereocenters. The Kier molecular flexibility index (Phi) is 7.83. The van der Waals surface area contributed by atoms with Crippen molar-refractivity contribution in [1.82, 2.24) is 0 Å². The van der Waals surface area contributed by atoms with Crippen molar-refractivity contribution in [3.8, 4) is 0 Å². The summed E-state index contributed by atoms with van der Waals surface area (Å²) in [4.78, 5) is 0. The highest BCUT2D eigenvalue weighted by Crippen LogP contribution is 2.39. The zero-order valence-electron chi connectivity index (χ0n) is 17.9. The van der Waals surface area contributed by atoms with Crippen molar-refractivity contribution in [2.45, 2.75) is 72.6 Å². The van der Waals surface area contributed by atoms with Crippen molar-refractivity contribution in [3.05, 3.63) is 71.3 Å². The van der Waals surface area contributed by atoms with Crippen molar-refractivity contribution < 1.29 is 0 Å². The number of hydrogen-bond acceptors (Lipinski definition) is 1. The van der Waals surface area contributed by atoms with Gasteiger partial charge in [0.15, 0.2) is 0 Å². The van der Waals surface area contributed by atoms with Crippen LogP contribution in [0.25, 0.3) is 0 Å². The highest BCUT2D eigenvalue weighted by atomic mass is 14.4. The summed E-state index contributed by atoms with van der Waals surface area (Å²) in [6, 6.07) is 19.7. The molecule has 0 bridgehead atoms. The quantitative estimate of drug-likeness (QED) is 0.447. The molecule has 2 rings (SSSR count). The lowest BCUT2D eigenvalue weighted by Gasteiger charge is -2.32. The van der Waals surface area contributed by atoms with Crippen LogP contribution in [0.1, 0.15) is 76.5 Å². The lowest BCUT2D eigenvalue weighted by atomic mass is 9.72. The van der Waals surface area contributed by atoms with Gasteiger partial charge in [0.2, 0.25) is 0 Å². The SMILES string of the molecule is CC(C)CC(c1ccc(CCC(=N)CCc2ccccc2)cc1)C(C)(C)C. The molecule has 0 heterocycles. The second-order valence-corrected chi connectivity index (χ2v) is 9.38. The monoisotopic (exact) mass is 363 g/mol. The summed E-state index contributed by atoms with van der Waals surface area (Å²) in [6.45, 7) is 11.7. The summed E-state index contributed by atoms with van der Waals surface area (Å²) in [5.74, 6) is 1.30. The first-order chi connectivity index (χ1) is 12.8. The van der Waals surface area contributed by atoms with Crippen molar-refractivity contribution in [2.24, 2.45) is 11.3 Å². The van der Waals surface area contributed by atoms with Crippen molar-refractivity contribution >= 4 is 5.71 Å². The molecular formula is C26H37N. The van der Waals surface area contributed by atoms with E-state index >= 15 is 0 Å². The number of benzene rings is 2. The van der Waals surface area contributed by atoms with E-state index < -0.39 is 0 Å². The second-order valence-electron chi connectivity index (χ2n) is 9.38. The lowest BCUT2D eigenvalue weighted by Crippen LogP contribution is -2.20. The molecule has 27 heavy (non-hydrogen) atoms. The zero-order valence-corrected chi connectivity index (χ0v) is 17.9. The summed E-state index contributed by atoms with van der Waals surface area (Å²) >= 11 is 0. The third-order valence-electron chi connectivity index (χ3n) is 5.41. The van der Waals surface area contributed by atoms with E-state index in [1.54, 1.807) is 0 Å². The predicted octanol–water partition coefficient (Wildman–Crippen LogP) is 7.45. The average molecular weight is 364 g/mol. The molecule has 0 aliphatic carbocycles. The average Bonchev–Trinajstić information content (AvgIpc) is 2.63. The maximum atomic E-state index is 8.26. The Labute approximate surface area is 166 Å². The van der Waals surface area contributed by atoms with Gasteiger partial charge in [0.05, 0.1) is 0 Å². The standard InChI is InChI=1S/C26H37N/c1-20(2)19-25(26(3,4)5)23-15-11-22(12-16-23)14-18-24(27)17-13-21-9-7-6-8-10-21/h6-12,15-16,20,25,27H,13-14,17-19H2,1-5H3. The maximum absolute atomic E-state index is 8.26. The normalized spacial score (nSPS) is 13.0. The molecule has 146 valence electrons. The Morgan fingerprint density at radius 1 is 0.815 bits per heavy atom. The molecule has 1 heteroatoms. The Morgan fingerprint density at radius 2 is 1.33 bits per heavy atom. The Morgan fingerprint density at radius 3 is 1.81 bits per heavy atom. The molecule has 1 nitrogen and oxygen atoms in total. The molecule has 0 radical (unpaired) electrons. The summed E-state index contributed by atoms with van der Waals surface area (Å²) in [6.07, 6.45) is 4.90. The fraction of sp³-hybridized carbons (Fsp3) is 0.500. The molecule has 2 aromatic rings. The number of hydrogen-bond donors (Lipinski definition) is 1. The van der Waals surface area contributed by atoms with Crippen molar-refractivity contribution in [2.75, 3.05) is 0 Å². The molecule has 2 aromatic carbocycles. The minimum atomic E-state index is 0.283. The third kappa shape index (κ3) is 7.33. The highest BCUT2D eigenvalue weighted by Gasteiger charge is 2.26. The van der Waals surface area contributed by atoms with Crippen LogP contribution in [0.5, 0.6) is 0 Å². The summed E-state index contributed by atoms with van der Waals surface area (Å²) in [5, 5.41) is 8.26. The van der Waals surface area contributed by atoms with E-state index in [0.717, 1.165) is 31.4 Å². The van der Waals surface area contributed by atoms with Crippen LogP contribution in [0.4, 0.5) is 0 Å². The molecule has 1 atom stereocenters. The molecular weight excluding hydrogens is 326 g/mol. The molecule has 0 aliphatic rings. The fourth-order valence-electron chi connectivity index (χ4n) is 3.74. The van der Waals surface area contributed by atoms with E-state index in [0.29, 0.717) is 11.8 Å². The Bertz CT molecular complexity index is 689. The van der Waals surface area contributed by atoms with Crippen LogP contribution in [0.3, 0.4) is 0 Å². The first kappa shape index (κ1) is 21.4. The summed E-state index contributed by atoms with van der Waals surface area (Å²) < 4.78 is 0. The van der Waals surface area contributed by atoms with Crippen LogP contribution in [0.15, 0.2) is 54.6 Å². The van der Waals surface area contributed by atoms with Gasteiger partial charge in [-0.15, -0.1) is 0 Å². The number of nitrogens with one attached hydrogen (secondary N) is 1. The van der Waals surface area contributed by atoms with Crippen molar-refractivity contribution in [1.29, 1.82) is 5.41 Å². The van der Waals surface area contributed by atoms with Crippen LogP contribution in [-0.4, -0.2) is 5.71 Å². The van der Waals surface area contributed by atoms with E-state index in [1.165, 1.54) is 23.1 Å². The molecule has 0 fully saturated rings. The third-order valence-corrected chi connectivity index (χ3v) is 5.41. The van der Waals surface area contributed by atoms with Gasteiger partial charge >= 0.3 is 0 Å². The minimum Gasteiger partial charge on any atom is -0.310 e. The van der Waals surface area contributed by atoms with Gasteiger partial charge in [0.25, 0.3) is 0 Å². The fourth-order valence-corrected chi connectivity index (χ4v) is 3.74. The van der Waals surface area contributed by atoms with Gasteiger partial charge in [-0.25, -0.2) is 0 Å². The second kappa shape index (κ2) is 9.88. The summed E-state index contributed by atoms with van der Waals surface area (Å²) in [5.41, 5.74) is 5.27. The van der Waals surface area contributed by atoms with E-state index in [1.807, 2.05) is 6.07 Å². The van der Waals surface area contributed by atoms with E-state index in [4.69, 9.17) is 5.41 Å². The molecule has 0 amide bonds. The largest absolute Gasteiger partial charge is 0.310 e. The van der Waals surface area contributed by atoms with E-state index in [9.17, 15) is 0 Å². The maximum Gasteiger partial charge on any atom is 0.00957 e. The van der Waals surface area contributed by atoms with Crippen LogP contribution < -0.4 is 0 Å². The van der Waals surface area contributed by atoms with Gasteiger partial charge in [-0.1, -0.05) is 89.2 Å². The van der Waals surface area contributed by atoms with Crippen LogP contribution in [0.2, 0.25) is 0 Å². The zero-order chi connectivity index (χ0) is 19.9. The van der Waals surface area contributed by atoms with Crippen molar-refractivity contribution in [3.63, 3.8) is 0 Å². The van der Waals surface area contributed by atoms with E-state index in [2.05, 4.69) is 83.1 Å². The van der Waals surface area contributed by atoms with Gasteiger partial charge in [0.1, 0.15) is 0 Å². The Balaban J connectivity index is 1.88. The Hall–Kier alpha value is -1.89. The van der Waals surface area contributed by atoms with Gasteiger partial charge in [-0.05, 0) is 66.0 Å². The molecule has 1 N–H and O–H groups in total. The van der Waals surface area contributed by atoms with Crippen LogP contribution in [0, 0.1) is 16.7 Å². The van der Waals surface area contributed by atoms with Crippen LogP contribution in [-0.2, 0) is 12.8 Å². The van der Waals surface area contributed by atoms with Gasteiger partial charge in [-0.3, -0.25) is 0 Å². The molecule has 0 aliphatic heterocycles. The number of rotatable bonds is 9. The lowest BCUT2D eigenvalue weighted by molar-refractivity contribution is 0.280. The molecule has 0 saturated heterocycles.